The van der Waals surface area contributed by atoms with Crippen LogP contribution in [0.3, 0.4) is 0 Å². The zero-order chi connectivity index (χ0) is 10.5. The second-order valence-corrected chi connectivity index (χ2v) is 3.64. The molecular weight excluding hydrogens is 198 g/mol. The maximum absolute atomic E-state index is 5.22. The van der Waals surface area contributed by atoms with Gasteiger partial charge in [0, 0.05) is 19.8 Å². The van der Waals surface area contributed by atoms with Crippen LogP contribution in [0.2, 0.25) is 0 Å². The molecule has 4 nitrogen and oxygen atoms in total. The summed E-state index contributed by atoms with van der Waals surface area (Å²) < 4.78 is 15.7. The third-order valence-corrected chi connectivity index (χ3v) is 2.72. The molecule has 0 aromatic heterocycles. The van der Waals surface area contributed by atoms with Crippen molar-refractivity contribution in [3.05, 3.63) is 12.7 Å². The van der Waals surface area contributed by atoms with E-state index >= 15 is 0 Å². The molecule has 0 atom stereocenters. The summed E-state index contributed by atoms with van der Waals surface area (Å²) in [7, 11) is -1.73. The molecule has 0 unspecified atom stereocenters. The number of rotatable bonds is 6. The SMILES string of the molecule is C=CC.CCO[SiH](OCC)OCC.N. The highest BCUT2D eigenvalue weighted by Gasteiger charge is 2.11. The van der Waals surface area contributed by atoms with Crippen LogP contribution in [-0.4, -0.2) is 29.3 Å². The van der Waals surface area contributed by atoms with Crippen LogP contribution in [0.25, 0.3) is 0 Å². The van der Waals surface area contributed by atoms with Crippen LogP contribution >= 0.6 is 0 Å². The van der Waals surface area contributed by atoms with Crippen LogP contribution in [-0.2, 0) is 13.3 Å². The van der Waals surface area contributed by atoms with Crippen molar-refractivity contribution in [1.82, 2.24) is 6.15 Å². The maximum atomic E-state index is 5.22. The van der Waals surface area contributed by atoms with Crippen molar-refractivity contribution in [2.45, 2.75) is 27.7 Å². The summed E-state index contributed by atoms with van der Waals surface area (Å²) in [6.07, 6.45) is 1.75. The fourth-order valence-electron chi connectivity index (χ4n) is 0.553. The highest BCUT2D eigenvalue weighted by molar-refractivity contribution is 6.36. The fraction of sp³-hybridized carbons (Fsp3) is 0.778. The van der Waals surface area contributed by atoms with Crippen molar-refractivity contribution >= 4 is 9.53 Å². The van der Waals surface area contributed by atoms with Gasteiger partial charge in [-0.05, 0) is 27.7 Å². The van der Waals surface area contributed by atoms with E-state index in [0.29, 0.717) is 19.8 Å². The molecule has 5 heteroatoms. The Morgan fingerprint density at radius 1 is 1.00 bits per heavy atom. The third kappa shape index (κ3) is 17.8. The Labute approximate surface area is 89.8 Å². The molecule has 0 spiro atoms. The first kappa shape index (κ1) is 19.4. The molecule has 0 heterocycles. The van der Waals surface area contributed by atoms with Crippen LogP contribution in [0.15, 0.2) is 12.7 Å². The summed E-state index contributed by atoms with van der Waals surface area (Å²) >= 11 is 0. The lowest BCUT2D eigenvalue weighted by atomic mass is 10.8. The highest BCUT2D eigenvalue weighted by Crippen LogP contribution is 1.90. The third-order valence-electron chi connectivity index (χ3n) is 0.908. The molecular formula is C9H25NO3Si. The monoisotopic (exact) mass is 223 g/mol. The normalized spacial score (nSPS) is 8.64. The van der Waals surface area contributed by atoms with Crippen molar-refractivity contribution < 1.29 is 13.3 Å². The van der Waals surface area contributed by atoms with Gasteiger partial charge in [0.25, 0.3) is 0 Å². The highest BCUT2D eigenvalue weighted by atomic mass is 28.3. The van der Waals surface area contributed by atoms with Gasteiger partial charge in [0.15, 0.2) is 0 Å². The van der Waals surface area contributed by atoms with Gasteiger partial charge in [0.2, 0.25) is 0 Å². The second-order valence-electron chi connectivity index (χ2n) is 2.06. The van der Waals surface area contributed by atoms with E-state index in [2.05, 4.69) is 6.58 Å². The van der Waals surface area contributed by atoms with Gasteiger partial charge in [-0.25, -0.2) is 0 Å². The van der Waals surface area contributed by atoms with E-state index in [4.69, 9.17) is 13.3 Å². The molecule has 3 N–H and O–H groups in total. The molecule has 0 fully saturated rings. The van der Waals surface area contributed by atoms with Crippen molar-refractivity contribution in [3.63, 3.8) is 0 Å². The van der Waals surface area contributed by atoms with E-state index in [0.717, 1.165) is 0 Å². The van der Waals surface area contributed by atoms with Crippen LogP contribution in [0.5, 0.6) is 0 Å². The molecule has 0 amide bonds. The summed E-state index contributed by atoms with van der Waals surface area (Å²) in [5.41, 5.74) is 0. The molecule has 0 bridgehead atoms. The van der Waals surface area contributed by atoms with Crippen molar-refractivity contribution in [1.29, 1.82) is 0 Å². The smallest absolute Gasteiger partial charge is 0.376 e. The second kappa shape index (κ2) is 18.6. The summed E-state index contributed by atoms with van der Waals surface area (Å²) in [5.74, 6) is 0. The Hall–Kier alpha value is -0.203. The lowest BCUT2D eigenvalue weighted by Crippen LogP contribution is -2.27. The van der Waals surface area contributed by atoms with Gasteiger partial charge in [0.1, 0.15) is 0 Å². The minimum Gasteiger partial charge on any atom is -0.376 e. The molecule has 0 saturated heterocycles. The molecule has 0 aliphatic rings. The number of hydrogen-bond acceptors (Lipinski definition) is 4. The minimum absolute atomic E-state index is 0. The average molecular weight is 223 g/mol. The Bertz CT molecular complexity index is 89.8. The van der Waals surface area contributed by atoms with Gasteiger partial charge in [-0.2, -0.15) is 0 Å². The summed E-state index contributed by atoms with van der Waals surface area (Å²) in [6.45, 7) is 13.1. The largest absolute Gasteiger partial charge is 0.484 e. The molecule has 0 aromatic rings. The zero-order valence-corrected chi connectivity index (χ0v) is 11.1. The van der Waals surface area contributed by atoms with E-state index in [1.807, 2.05) is 27.7 Å². The lowest BCUT2D eigenvalue weighted by molar-refractivity contribution is 0.107. The van der Waals surface area contributed by atoms with Gasteiger partial charge < -0.3 is 19.4 Å². The first-order valence-corrected chi connectivity index (χ1v) is 6.09. The molecule has 0 aromatic carbocycles. The molecule has 0 aliphatic carbocycles. The van der Waals surface area contributed by atoms with E-state index in [-0.39, 0.29) is 6.15 Å². The molecule has 0 radical (unpaired) electrons. The van der Waals surface area contributed by atoms with Crippen LogP contribution in [0.1, 0.15) is 27.7 Å². The van der Waals surface area contributed by atoms with E-state index in [9.17, 15) is 0 Å². The van der Waals surface area contributed by atoms with Gasteiger partial charge in [0.05, 0.1) is 0 Å². The minimum atomic E-state index is -1.73. The Morgan fingerprint density at radius 2 is 1.21 bits per heavy atom. The van der Waals surface area contributed by atoms with Crippen LogP contribution < -0.4 is 6.15 Å². The Morgan fingerprint density at radius 3 is 1.36 bits per heavy atom. The maximum Gasteiger partial charge on any atom is 0.484 e. The van der Waals surface area contributed by atoms with Gasteiger partial charge >= 0.3 is 9.53 Å². The molecule has 0 saturated carbocycles. The summed E-state index contributed by atoms with van der Waals surface area (Å²) in [6, 6.07) is 0. The standard InChI is InChI=1S/C6H16O3Si.C3H6.H3N/c1-4-7-10(8-5-2)9-6-3;1-3-2;/h10H,4-6H2,1-3H3;3H,1H2,2H3;1H3. The average Bonchev–Trinajstić information content (AvgIpc) is 2.07. The molecule has 14 heavy (non-hydrogen) atoms. The van der Waals surface area contributed by atoms with E-state index in [1.54, 1.807) is 6.08 Å². The van der Waals surface area contributed by atoms with Gasteiger partial charge in [-0.15, -0.1) is 6.58 Å². The first-order valence-electron chi connectivity index (χ1n) is 4.68. The predicted octanol–water partition coefficient (Wildman–Crippen LogP) is 2.17. The van der Waals surface area contributed by atoms with Crippen molar-refractivity contribution in [2.75, 3.05) is 19.8 Å². The van der Waals surface area contributed by atoms with E-state index in [1.165, 1.54) is 0 Å². The summed E-state index contributed by atoms with van der Waals surface area (Å²) in [4.78, 5) is 0. The van der Waals surface area contributed by atoms with Gasteiger partial charge in [-0.1, -0.05) is 6.08 Å². The Balaban J connectivity index is -0.000000267. The fourth-order valence-corrected chi connectivity index (χ4v) is 1.66. The number of allylic oxidation sites excluding steroid dienone is 1. The lowest BCUT2D eigenvalue weighted by Gasteiger charge is -2.12. The predicted molar refractivity (Wildman–Crippen MR) is 62.9 cm³/mol. The Kier molecular flexibility index (Phi) is 25.7. The molecule has 88 valence electrons. The van der Waals surface area contributed by atoms with E-state index < -0.39 is 9.53 Å². The number of hydrogen-bond donors (Lipinski definition) is 1. The first-order chi connectivity index (χ1) is 6.26. The topological polar surface area (TPSA) is 62.7 Å². The van der Waals surface area contributed by atoms with Crippen molar-refractivity contribution in [2.24, 2.45) is 0 Å². The quantitative estimate of drug-likeness (QED) is 0.553. The molecule has 0 aliphatic heterocycles. The van der Waals surface area contributed by atoms with Crippen molar-refractivity contribution in [3.8, 4) is 0 Å². The molecule has 0 rings (SSSR count). The van der Waals surface area contributed by atoms with Crippen LogP contribution in [0, 0.1) is 0 Å². The van der Waals surface area contributed by atoms with Gasteiger partial charge in [-0.3, -0.25) is 0 Å². The van der Waals surface area contributed by atoms with Crippen LogP contribution in [0.4, 0.5) is 0 Å². The summed E-state index contributed by atoms with van der Waals surface area (Å²) in [5, 5.41) is 0. The zero-order valence-electron chi connectivity index (χ0n) is 9.91.